The first-order chi connectivity index (χ1) is 13.6. The summed E-state index contributed by atoms with van der Waals surface area (Å²) in [7, 11) is 0. The van der Waals surface area contributed by atoms with Gasteiger partial charge in [-0.3, -0.25) is 4.98 Å². The lowest BCUT2D eigenvalue weighted by molar-refractivity contribution is -0.00549. The molecule has 2 aromatic heterocycles. The van der Waals surface area contributed by atoms with Crippen molar-refractivity contribution >= 4 is 22.5 Å². The lowest BCUT2D eigenvalue weighted by Gasteiger charge is -2.37. The zero-order valence-electron chi connectivity index (χ0n) is 15.9. The number of nitrogens with one attached hydrogen (secondary N) is 1. The van der Waals surface area contributed by atoms with E-state index in [4.69, 9.17) is 9.26 Å². The molecule has 2 N–H and O–H groups in total. The first-order valence-corrected chi connectivity index (χ1v) is 9.31. The number of aliphatic hydroxyl groups is 1. The summed E-state index contributed by atoms with van der Waals surface area (Å²) >= 11 is 0. The molecule has 0 saturated carbocycles. The topological polar surface area (TPSA) is 83.7 Å². The molecule has 8 heteroatoms. The number of aromatic nitrogens is 2. The smallest absolute Gasteiger partial charge is 0.206 e. The molecule has 1 aliphatic rings. The lowest BCUT2D eigenvalue weighted by atomic mass is 10.1. The maximum Gasteiger partial charge on any atom is 0.206 e. The number of benzene rings is 1. The highest BCUT2D eigenvalue weighted by Gasteiger charge is 2.29. The monoisotopic (exact) mass is 386 g/mol. The predicted molar refractivity (Wildman–Crippen MR) is 104 cm³/mol. The van der Waals surface area contributed by atoms with E-state index in [0.29, 0.717) is 42.1 Å². The highest BCUT2D eigenvalue weighted by Crippen LogP contribution is 2.36. The van der Waals surface area contributed by atoms with Crippen molar-refractivity contribution in [1.82, 2.24) is 10.1 Å². The van der Waals surface area contributed by atoms with Gasteiger partial charge in [-0.05, 0) is 31.5 Å². The number of halogens is 1. The molecule has 0 spiro atoms. The summed E-state index contributed by atoms with van der Waals surface area (Å²) in [6.07, 6.45) is 3.38. The molecule has 4 rings (SSSR count). The van der Waals surface area contributed by atoms with Gasteiger partial charge in [-0.2, -0.15) is 0 Å². The van der Waals surface area contributed by atoms with Gasteiger partial charge in [0.15, 0.2) is 11.6 Å². The molecule has 1 fully saturated rings. The summed E-state index contributed by atoms with van der Waals surface area (Å²) in [5.74, 6) is -0.0764. The summed E-state index contributed by atoms with van der Waals surface area (Å²) in [6.45, 7) is 5.18. The molecule has 1 aromatic carbocycles. The quantitative estimate of drug-likeness (QED) is 0.697. The van der Waals surface area contributed by atoms with Crippen molar-refractivity contribution in [3.05, 3.63) is 47.5 Å². The summed E-state index contributed by atoms with van der Waals surface area (Å²) < 4.78 is 26.4. The van der Waals surface area contributed by atoms with E-state index in [0.717, 1.165) is 5.56 Å². The van der Waals surface area contributed by atoms with Gasteiger partial charge in [0.25, 0.3) is 0 Å². The fourth-order valence-electron chi connectivity index (χ4n) is 3.72. The minimum atomic E-state index is -0.509. The van der Waals surface area contributed by atoms with E-state index in [9.17, 15) is 5.11 Å². The number of hydrogen-bond acceptors (Lipinski definition) is 7. The SMILES string of the molecule is CC1CN(c2c(CO)cc3c(NCc4cccnc4)noc3c2F)CC(C)O1. The van der Waals surface area contributed by atoms with Gasteiger partial charge >= 0.3 is 0 Å². The van der Waals surface area contributed by atoms with E-state index in [1.807, 2.05) is 30.9 Å². The molecule has 2 unspecified atom stereocenters. The van der Waals surface area contributed by atoms with Crippen molar-refractivity contribution in [2.75, 3.05) is 23.3 Å². The van der Waals surface area contributed by atoms with E-state index in [-0.39, 0.29) is 24.4 Å². The molecule has 0 amide bonds. The zero-order valence-corrected chi connectivity index (χ0v) is 15.9. The van der Waals surface area contributed by atoms with Gasteiger partial charge in [-0.15, -0.1) is 0 Å². The molecule has 1 aliphatic heterocycles. The molecule has 28 heavy (non-hydrogen) atoms. The average molecular weight is 386 g/mol. The normalized spacial score (nSPS) is 19.9. The van der Waals surface area contributed by atoms with Crippen LogP contribution in [0, 0.1) is 5.82 Å². The maximum absolute atomic E-state index is 15.4. The van der Waals surface area contributed by atoms with E-state index in [1.54, 1.807) is 18.5 Å². The molecule has 0 radical (unpaired) electrons. The van der Waals surface area contributed by atoms with Gasteiger partial charge < -0.3 is 24.6 Å². The maximum atomic E-state index is 15.4. The van der Waals surface area contributed by atoms with Crippen LogP contribution >= 0.6 is 0 Å². The van der Waals surface area contributed by atoms with Crippen LogP contribution in [0.3, 0.4) is 0 Å². The van der Waals surface area contributed by atoms with Gasteiger partial charge in [-0.25, -0.2) is 4.39 Å². The highest BCUT2D eigenvalue weighted by molar-refractivity contribution is 5.92. The third kappa shape index (κ3) is 3.53. The van der Waals surface area contributed by atoms with Crippen LogP contribution in [-0.4, -0.2) is 40.5 Å². The Labute approximate surface area is 162 Å². The van der Waals surface area contributed by atoms with Crippen LogP contribution in [0.2, 0.25) is 0 Å². The van der Waals surface area contributed by atoms with Gasteiger partial charge in [0, 0.05) is 37.6 Å². The minimum Gasteiger partial charge on any atom is -0.392 e. The van der Waals surface area contributed by atoms with E-state index < -0.39 is 5.82 Å². The molecular formula is C20H23FN4O3. The van der Waals surface area contributed by atoms with Crippen LogP contribution in [-0.2, 0) is 17.9 Å². The van der Waals surface area contributed by atoms with Crippen LogP contribution in [0.15, 0.2) is 35.1 Å². The Balaban J connectivity index is 1.68. The van der Waals surface area contributed by atoms with E-state index in [1.165, 1.54) is 0 Å². The van der Waals surface area contributed by atoms with Gasteiger partial charge in [0.05, 0.1) is 29.9 Å². The molecule has 148 valence electrons. The van der Waals surface area contributed by atoms with Crippen LogP contribution in [0.1, 0.15) is 25.0 Å². The number of anilines is 2. The number of morpholine rings is 1. The van der Waals surface area contributed by atoms with Crippen molar-refractivity contribution in [1.29, 1.82) is 0 Å². The molecule has 2 atom stereocenters. The Hall–Kier alpha value is -2.71. The standard InChI is InChI=1S/C20H23FN4O3/c1-12-9-25(10-13(2)27-12)18-15(11-26)6-16-19(17(18)21)28-24-20(16)23-8-14-4-3-5-22-7-14/h3-7,12-13,26H,8-11H2,1-2H3,(H,23,24). The third-order valence-electron chi connectivity index (χ3n) is 4.85. The second-order valence-corrected chi connectivity index (χ2v) is 7.14. The molecule has 0 bridgehead atoms. The van der Waals surface area contributed by atoms with Crippen molar-refractivity contribution in [3.63, 3.8) is 0 Å². The molecular weight excluding hydrogens is 363 g/mol. The Morgan fingerprint density at radius 3 is 2.79 bits per heavy atom. The van der Waals surface area contributed by atoms with Gasteiger partial charge in [0.2, 0.25) is 5.58 Å². The third-order valence-corrected chi connectivity index (χ3v) is 4.85. The van der Waals surface area contributed by atoms with Gasteiger partial charge in [-0.1, -0.05) is 11.2 Å². The second-order valence-electron chi connectivity index (χ2n) is 7.14. The first-order valence-electron chi connectivity index (χ1n) is 9.31. The zero-order chi connectivity index (χ0) is 19.7. The second kappa shape index (κ2) is 7.73. The fourth-order valence-corrected chi connectivity index (χ4v) is 3.72. The van der Waals surface area contributed by atoms with Crippen molar-refractivity contribution in [2.24, 2.45) is 0 Å². The lowest BCUT2D eigenvalue weighted by Crippen LogP contribution is -2.46. The Morgan fingerprint density at radius 2 is 2.11 bits per heavy atom. The Kier molecular flexibility index (Phi) is 5.15. The average Bonchev–Trinajstić information content (AvgIpc) is 3.09. The van der Waals surface area contributed by atoms with Crippen molar-refractivity contribution < 1.29 is 18.8 Å². The van der Waals surface area contributed by atoms with Crippen molar-refractivity contribution in [3.8, 4) is 0 Å². The van der Waals surface area contributed by atoms with Crippen LogP contribution in [0.4, 0.5) is 15.9 Å². The van der Waals surface area contributed by atoms with Crippen LogP contribution < -0.4 is 10.2 Å². The number of aliphatic hydroxyl groups excluding tert-OH is 1. The summed E-state index contributed by atoms with van der Waals surface area (Å²) in [5, 5.41) is 17.5. The number of ether oxygens (including phenoxy) is 1. The Bertz CT molecular complexity index is 953. The van der Waals surface area contributed by atoms with Crippen molar-refractivity contribution in [2.45, 2.75) is 39.2 Å². The van der Waals surface area contributed by atoms with E-state index >= 15 is 4.39 Å². The number of nitrogens with zero attached hydrogens (tertiary/aromatic N) is 3. The summed E-state index contributed by atoms with van der Waals surface area (Å²) in [6, 6.07) is 5.51. The minimum absolute atomic E-state index is 0.0307. The molecule has 7 nitrogen and oxygen atoms in total. The van der Waals surface area contributed by atoms with Gasteiger partial charge in [0.1, 0.15) is 0 Å². The highest BCUT2D eigenvalue weighted by atomic mass is 19.1. The molecule has 3 aromatic rings. The fraction of sp³-hybridized carbons (Fsp3) is 0.400. The van der Waals surface area contributed by atoms with Crippen LogP contribution in [0.5, 0.6) is 0 Å². The van der Waals surface area contributed by atoms with Crippen LogP contribution in [0.25, 0.3) is 11.0 Å². The largest absolute Gasteiger partial charge is 0.392 e. The number of rotatable bonds is 5. The van der Waals surface area contributed by atoms with E-state index in [2.05, 4.69) is 15.5 Å². The molecule has 3 heterocycles. The summed E-state index contributed by atoms with van der Waals surface area (Å²) in [4.78, 5) is 5.98. The number of fused-ring (bicyclic) bond motifs is 1. The number of hydrogen-bond donors (Lipinski definition) is 2. The molecule has 0 aliphatic carbocycles. The molecule has 1 saturated heterocycles. The first kappa shape index (κ1) is 18.6. The predicted octanol–water partition coefficient (Wildman–Crippen LogP) is 3.08. The Morgan fingerprint density at radius 1 is 1.32 bits per heavy atom. The summed E-state index contributed by atoms with van der Waals surface area (Å²) in [5.41, 5.74) is 1.90. The number of pyridine rings is 1.